The van der Waals surface area contributed by atoms with Crippen LogP contribution in [0.5, 0.6) is 5.75 Å². The summed E-state index contributed by atoms with van der Waals surface area (Å²) >= 11 is 0. The maximum Gasteiger partial charge on any atom is 0.573 e. The zero-order valence-electron chi connectivity index (χ0n) is 18.3. The summed E-state index contributed by atoms with van der Waals surface area (Å²) in [5, 5.41) is 7.46. The van der Waals surface area contributed by atoms with Crippen molar-refractivity contribution in [3.8, 4) is 5.75 Å². The molecule has 11 heteroatoms. The van der Waals surface area contributed by atoms with E-state index in [-0.39, 0.29) is 24.5 Å². The number of alkyl halides is 3. The topological polar surface area (TPSA) is 93.4 Å². The Morgan fingerprint density at radius 3 is 2.58 bits per heavy atom. The summed E-state index contributed by atoms with van der Waals surface area (Å²) in [5.41, 5.74) is 1.48. The van der Waals surface area contributed by atoms with E-state index in [2.05, 4.69) is 32.0 Å². The Labute approximate surface area is 188 Å². The smallest absolute Gasteiger partial charge is 0.406 e. The van der Waals surface area contributed by atoms with E-state index in [9.17, 15) is 18.0 Å². The molecule has 0 bridgehead atoms. The van der Waals surface area contributed by atoms with E-state index in [0.29, 0.717) is 23.1 Å². The van der Waals surface area contributed by atoms with Gasteiger partial charge in [-0.25, -0.2) is 4.98 Å². The molecule has 33 heavy (non-hydrogen) atoms. The SMILES string of the molecule is Cc1noc2nc(CCC(=O)Nc3ccc(OC(F)(F)F)cc3)nc(N3CCC(C)CC3)c12. The molecular formula is C22H24F3N5O3. The summed E-state index contributed by atoms with van der Waals surface area (Å²) in [7, 11) is 0. The zero-order chi connectivity index (χ0) is 23.6. The summed E-state index contributed by atoms with van der Waals surface area (Å²) in [6, 6.07) is 4.96. The van der Waals surface area contributed by atoms with E-state index >= 15 is 0 Å². The fraction of sp³-hybridized carbons (Fsp3) is 0.455. The number of aryl methyl sites for hydroxylation is 2. The molecule has 0 saturated carbocycles. The van der Waals surface area contributed by atoms with Crippen LogP contribution >= 0.6 is 0 Å². The van der Waals surface area contributed by atoms with Gasteiger partial charge in [0.05, 0.1) is 5.69 Å². The number of fused-ring (bicyclic) bond motifs is 1. The molecule has 1 saturated heterocycles. The second kappa shape index (κ2) is 9.24. The molecule has 0 atom stereocenters. The van der Waals surface area contributed by atoms with Gasteiger partial charge in [-0.1, -0.05) is 12.1 Å². The Balaban J connectivity index is 1.42. The summed E-state index contributed by atoms with van der Waals surface area (Å²) in [6.45, 7) is 5.85. The lowest BCUT2D eigenvalue weighted by Crippen LogP contribution is -2.33. The fourth-order valence-corrected chi connectivity index (χ4v) is 3.76. The Morgan fingerprint density at radius 2 is 1.91 bits per heavy atom. The number of carbonyl (C=O) groups is 1. The van der Waals surface area contributed by atoms with Gasteiger partial charge in [-0.3, -0.25) is 4.79 Å². The van der Waals surface area contributed by atoms with Crippen molar-refractivity contribution in [3.63, 3.8) is 0 Å². The molecule has 8 nitrogen and oxygen atoms in total. The predicted octanol–water partition coefficient (Wildman–Crippen LogP) is 4.63. The van der Waals surface area contributed by atoms with Crippen LogP contribution in [0, 0.1) is 12.8 Å². The van der Waals surface area contributed by atoms with Crippen molar-refractivity contribution in [2.75, 3.05) is 23.3 Å². The van der Waals surface area contributed by atoms with E-state index in [0.717, 1.165) is 55.0 Å². The number of nitrogens with zero attached hydrogens (tertiary/aromatic N) is 4. The molecule has 0 spiro atoms. The molecule has 0 radical (unpaired) electrons. The lowest BCUT2D eigenvalue weighted by molar-refractivity contribution is -0.274. The maximum absolute atomic E-state index is 12.4. The van der Waals surface area contributed by atoms with E-state index in [4.69, 9.17) is 9.51 Å². The van der Waals surface area contributed by atoms with Gasteiger partial charge in [0, 0.05) is 31.6 Å². The molecule has 4 rings (SSSR count). The first-order valence-corrected chi connectivity index (χ1v) is 10.7. The Kier molecular flexibility index (Phi) is 6.39. The third-order valence-corrected chi connectivity index (χ3v) is 5.56. The van der Waals surface area contributed by atoms with Crippen molar-refractivity contribution >= 4 is 28.5 Å². The minimum absolute atomic E-state index is 0.0932. The minimum atomic E-state index is -4.76. The Bertz CT molecular complexity index is 1120. The van der Waals surface area contributed by atoms with Crippen molar-refractivity contribution in [3.05, 3.63) is 35.8 Å². The quantitative estimate of drug-likeness (QED) is 0.570. The summed E-state index contributed by atoms with van der Waals surface area (Å²) in [6.07, 6.45) is -2.26. The molecule has 1 aromatic carbocycles. The molecule has 0 aliphatic carbocycles. The average Bonchev–Trinajstić information content (AvgIpc) is 3.13. The first-order chi connectivity index (χ1) is 15.7. The molecular weight excluding hydrogens is 439 g/mol. The van der Waals surface area contributed by atoms with Gasteiger partial charge in [-0.2, -0.15) is 4.98 Å². The average molecular weight is 463 g/mol. The van der Waals surface area contributed by atoms with Crippen LogP contribution in [-0.2, 0) is 11.2 Å². The van der Waals surface area contributed by atoms with Crippen LogP contribution < -0.4 is 15.0 Å². The number of ether oxygens (including phenoxy) is 1. The van der Waals surface area contributed by atoms with Gasteiger partial charge >= 0.3 is 6.36 Å². The van der Waals surface area contributed by atoms with Crippen molar-refractivity contribution in [1.29, 1.82) is 0 Å². The molecule has 2 aromatic heterocycles. The number of amides is 1. The standard InChI is InChI=1S/C22H24F3N5O3/c1-13-9-11-30(12-10-13)20-19-14(2)29-33-21(19)28-17(27-20)7-8-18(31)26-15-3-5-16(6-4-15)32-22(23,24)25/h3-6,13H,7-12H2,1-2H3,(H,26,31). The molecule has 0 unspecified atom stereocenters. The van der Waals surface area contributed by atoms with Gasteiger partial charge in [-0.05, 0) is 49.9 Å². The molecule has 1 fully saturated rings. The largest absolute Gasteiger partial charge is 0.573 e. The van der Waals surface area contributed by atoms with Crippen LogP contribution in [-0.4, -0.2) is 40.5 Å². The van der Waals surface area contributed by atoms with Crippen LogP contribution in [0.25, 0.3) is 11.1 Å². The van der Waals surface area contributed by atoms with Crippen molar-refractivity contribution in [1.82, 2.24) is 15.1 Å². The molecule has 1 aliphatic rings. The number of benzene rings is 1. The number of nitrogens with one attached hydrogen (secondary N) is 1. The van der Waals surface area contributed by atoms with Crippen LogP contribution in [0.3, 0.4) is 0 Å². The third kappa shape index (κ3) is 5.71. The lowest BCUT2D eigenvalue weighted by Gasteiger charge is -2.31. The van der Waals surface area contributed by atoms with E-state index in [1.54, 1.807) is 0 Å². The highest BCUT2D eigenvalue weighted by Gasteiger charge is 2.31. The van der Waals surface area contributed by atoms with Gasteiger partial charge in [0.2, 0.25) is 5.91 Å². The molecule has 1 N–H and O–H groups in total. The van der Waals surface area contributed by atoms with Gasteiger partial charge in [-0.15, -0.1) is 13.2 Å². The number of carbonyl (C=O) groups excluding carboxylic acids is 1. The lowest BCUT2D eigenvalue weighted by atomic mass is 9.99. The first kappa shape index (κ1) is 22.8. The number of anilines is 2. The molecule has 3 aromatic rings. The zero-order valence-corrected chi connectivity index (χ0v) is 18.3. The molecule has 1 amide bonds. The summed E-state index contributed by atoms with van der Waals surface area (Å²) in [5.74, 6) is 1.24. The number of hydrogen-bond donors (Lipinski definition) is 1. The van der Waals surface area contributed by atoms with Gasteiger partial charge < -0.3 is 19.5 Å². The van der Waals surface area contributed by atoms with Crippen molar-refractivity contribution in [2.24, 2.45) is 5.92 Å². The molecule has 3 heterocycles. The van der Waals surface area contributed by atoms with Gasteiger partial charge in [0.15, 0.2) is 0 Å². The van der Waals surface area contributed by atoms with E-state index in [1.165, 1.54) is 12.1 Å². The molecule has 1 aliphatic heterocycles. The van der Waals surface area contributed by atoms with Crippen LogP contribution in [0.2, 0.25) is 0 Å². The second-order valence-corrected chi connectivity index (χ2v) is 8.20. The number of rotatable bonds is 6. The Morgan fingerprint density at radius 1 is 1.21 bits per heavy atom. The third-order valence-electron chi connectivity index (χ3n) is 5.56. The van der Waals surface area contributed by atoms with Crippen molar-refractivity contribution < 1.29 is 27.2 Å². The van der Waals surface area contributed by atoms with Crippen molar-refractivity contribution in [2.45, 2.75) is 45.9 Å². The summed E-state index contributed by atoms with van der Waals surface area (Å²) in [4.78, 5) is 23.7. The second-order valence-electron chi connectivity index (χ2n) is 8.20. The number of aromatic nitrogens is 3. The summed E-state index contributed by atoms with van der Waals surface area (Å²) < 4.78 is 46.0. The van der Waals surface area contributed by atoms with E-state index in [1.807, 2.05) is 6.92 Å². The number of halogens is 3. The molecule has 176 valence electrons. The maximum atomic E-state index is 12.4. The van der Waals surface area contributed by atoms with E-state index < -0.39 is 6.36 Å². The Hall–Kier alpha value is -3.37. The van der Waals surface area contributed by atoms with Crippen LogP contribution in [0.4, 0.5) is 24.7 Å². The normalized spacial score (nSPS) is 15.1. The fourth-order valence-electron chi connectivity index (χ4n) is 3.76. The van der Waals surface area contributed by atoms with Gasteiger partial charge in [0.1, 0.15) is 22.8 Å². The van der Waals surface area contributed by atoms with Crippen LogP contribution in [0.1, 0.15) is 37.7 Å². The number of piperidine rings is 1. The number of hydrogen-bond acceptors (Lipinski definition) is 7. The predicted molar refractivity (Wildman–Crippen MR) is 115 cm³/mol. The van der Waals surface area contributed by atoms with Gasteiger partial charge in [0.25, 0.3) is 5.71 Å². The highest BCUT2D eigenvalue weighted by molar-refractivity contribution is 5.91. The van der Waals surface area contributed by atoms with Crippen LogP contribution in [0.15, 0.2) is 28.8 Å². The first-order valence-electron chi connectivity index (χ1n) is 10.7. The monoisotopic (exact) mass is 463 g/mol. The highest BCUT2D eigenvalue weighted by Crippen LogP contribution is 2.30. The minimum Gasteiger partial charge on any atom is -0.406 e. The highest BCUT2D eigenvalue weighted by atomic mass is 19.4.